The van der Waals surface area contributed by atoms with Crippen molar-refractivity contribution in [3.05, 3.63) is 0 Å². The molecule has 0 aliphatic heterocycles. The smallest absolute Gasteiger partial charge is 0.0672 e. The largest absolute Gasteiger partial charge is 0.312 e. The van der Waals surface area contributed by atoms with E-state index in [-0.39, 0.29) is 5.92 Å². The van der Waals surface area contributed by atoms with Gasteiger partial charge in [-0.3, -0.25) is 0 Å². The Morgan fingerprint density at radius 1 is 1.18 bits per heavy atom. The summed E-state index contributed by atoms with van der Waals surface area (Å²) in [4.78, 5) is 0. The van der Waals surface area contributed by atoms with Gasteiger partial charge in [-0.1, -0.05) is 32.6 Å². The number of hydrogen-bond acceptors (Lipinski definition) is 2. The van der Waals surface area contributed by atoms with Gasteiger partial charge in [0, 0.05) is 12.6 Å². The van der Waals surface area contributed by atoms with Crippen LogP contribution in [0, 0.1) is 22.7 Å². The van der Waals surface area contributed by atoms with E-state index in [0.717, 1.165) is 13.0 Å². The first-order valence-electron chi connectivity index (χ1n) is 7.43. The zero-order valence-electron chi connectivity index (χ0n) is 11.2. The van der Waals surface area contributed by atoms with Crippen molar-refractivity contribution in [2.24, 2.45) is 11.3 Å². The average Bonchev–Trinajstić information content (AvgIpc) is 2.86. The monoisotopic (exact) mass is 234 g/mol. The molecule has 0 heterocycles. The molecule has 2 unspecified atom stereocenters. The summed E-state index contributed by atoms with van der Waals surface area (Å²) >= 11 is 0. The second kappa shape index (κ2) is 5.87. The maximum Gasteiger partial charge on any atom is 0.0672 e. The molecule has 0 bridgehead atoms. The van der Waals surface area contributed by atoms with Crippen molar-refractivity contribution in [2.45, 2.75) is 70.8 Å². The number of nitrogens with one attached hydrogen (secondary N) is 1. The summed E-state index contributed by atoms with van der Waals surface area (Å²) < 4.78 is 0. The Labute approximate surface area is 106 Å². The SMILES string of the molecule is CCC1(CNC2CCCCC2C#N)CCCC1. The van der Waals surface area contributed by atoms with E-state index in [9.17, 15) is 5.26 Å². The van der Waals surface area contributed by atoms with Crippen LogP contribution >= 0.6 is 0 Å². The molecule has 0 aromatic heterocycles. The molecule has 0 saturated heterocycles. The number of nitriles is 1. The van der Waals surface area contributed by atoms with Crippen LogP contribution in [0.25, 0.3) is 0 Å². The predicted molar refractivity (Wildman–Crippen MR) is 70.6 cm³/mol. The molecule has 17 heavy (non-hydrogen) atoms. The molecule has 2 heteroatoms. The van der Waals surface area contributed by atoms with Gasteiger partial charge in [-0.05, 0) is 37.5 Å². The Bertz CT molecular complexity index is 273. The van der Waals surface area contributed by atoms with Gasteiger partial charge in [0.05, 0.1) is 12.0 Å². The first-order chi connectivity index (χ1) is 8.29. The van der Waals surface area contributed by atoms with Crippen LogP contribution in [-0.4, -0.2) is 12.6 Å². The molecule has 2 aliphatic rings. The molecule has 0 aromatic carbocycles. The van der Waals surface area contributed by atoms with E-state index in [1.807, 2.05) is 0 Å². The number of rotatable bonds is 4. The lowest BCUT2D eigenvalue weighted by atomic mass is 9.81. The third-order valence-corrected chi connectivity index (χ3v) is 5.09. The van der Waals surface area contributed by atoms with Gasteiger partial charge < -0.3 is 5.32 Å². The quantitative estimate of drug-likeness (QED) is 0.806. The highest BCUT2D eigenvalue weighted by Crippen LogP contribution is 2.40. The number of nitrogens with zero attached hydrogens (tertiary/aromatic N) is 1. The topological polar surface area (TPSA) is 35.8 Å². The van der Waals surface area contributed by atoms with Crippen LogP contribution in [0.15, 0.2) is 0 Å². The normalized spacial score (nSPS) is 32.2. The van der Waals surface area contributed by atoms with E-state index in [1.165, 1.54) is 51.4 Å². The van der Waals surface area contributed by atoms with Gasteiger partial charge in [-0.15, -0.1) is 0 Å². The van der Waals surface area contributed by atoms with E-state index in [2.05, 4.69) is 18.3 Å². The third-order valence-electron chi connectivity index (χ3n) is 5.09. The van der Waals surface area contributed by atoms with Crippen LogP contribution in [0.4, 0.5) is 0 Å². The zero-order valence-corrected chi connectivity index (χ0v) is 11.2. The lowest BCUT2D eigenvalue weighted by Gasteiger charge is -2.34. The summed E-state index contributed by atoms with van der Waals surface area (Å²) in [7, 11) is 0. The molecule has 2 fully saturated rings. The summed E-state index contributed by atoms with van der Waals surface area (Å²) in [6.45, 7) is 3.47. The summed E-state index contributed by atoms with van der Waals surface area (Å²) in [5.74, 6) is 0.263. The summed E-state index contributed by atoms with van der Waals surface area (Å²) in [6, 6.07) is 2.97. The van der Waals surface area contributed by atoms with Gasteiger partial charge in [0.15, 0.2) is 0 Å². The minimum absolute atomic E-state index is 0.263. The van der Waals surface area contributed by atoms with Gasteiger partial charge in [0.25, 0.3) is 0 Å². The summed E-state index contributed by atoms with van der Waals surface area (Å²) in [5.41, 5.74) is 0.553. The van der Waals surface area contributed by atoms with Crippen molar-refractivity contribution in [1.82, 2.24) is 5.32 Å². The fourth-order valence-corrected chi connectivity index (χ4v) is 3.66. The molecule has 2 atom stereocenters. The van der Waals surface area contributed by atoms with Gasteiger partial charge >= 0.3 is 0 Å². The Hall–Kier alpha value is -0.550. The van der Waals surface area contributed by atoms with Gasteiger partial charge in [0.2, 0.25) is 0 Å². The molecule has 0 radical (unpaired) electrons. The van der Waals surface area contributed by atoms with E-state index in [1.54, 1.807) is 0 Å². The van der Waals surface area contributed by atoms with Crippen LogP contribution in [0.2, 0.25) is 0 Å². The highest BCUT2D eigenvalue weighted by atomic mass is 14.9. The molecular weight excluding hydrogens is 208 g/mol. The molecule has 96 valence electrons. The maximum atomic E-state index is 9.18. The molecular formula is C15H26N2. The van der Waals surface area contributed by atoms with E-state index in [4.69, 9.17) is 0 Å². The minimum Gasteiger partial charge on any atom is -0.312 e. The van der Waals surface area contributed by atoms with Gasteiger partial charge in [-0.2, -0.15) is 5.26 Å². The highest BCUT2D eigenvalue weighted by molar-refractivity contribution is 4.96. The van der Waals surface area contributed by atoms with Crippen LogP contribution in [0.5, 0.6) is 0 Å². The van der Waals surface area contributed by atoms with Crippen LogP contribution < -0.4 is 5.32 Å². The molecule has 0 spiro atoms. The Morgan fingerprint density at radius 3 is 2.53 bits per heavy atom. The fraction of sp³-hybridized carbons (Fsp3) is 0.933. The maximum absolute atomic E-state index is 9.18. The van der Waals surface area contributed by atoms with Crippen LogP contribution in [0.3, 0.4) is 0 Å². The second-order valence-corrected chi connectivity index (χ2v) is 6.07. The van der Waals surface area contributed by atoms with Crippen molar-refractivity contribution in [2.75, 3.05) is 6.54 Å². The summed E-state index contributed by atoms with van der Waals surface area (Å²) in [5, 5.41) is 12.9. The van der Waals surface area contributed by atoms with E-state index >= 15 is 0 Å². The molecule has 2 aliphatic carbocycles. The van der Waals surface area contributed by atoms with Crippen molar-refractivity contribution < 1.29 is 0 Å². The average molecular weight is 234 g/mol. The van der Waals surface area contributed by atoms with Crippen LogP contribution in [-0.2, 0) is 0 Å². The number of hydrogen-bond donors (Lipinski definition) is 1. The first kappa shape index (κ1) is 12.9. The molecule has 2 rings (SSSR count). The van der Waals surface area contributed by atoms with Crippen molar-refractivity contribution in [1.29, 1.82) is 5.26 Å². The lowest BCUT2D eigenvalue weighted by Crippen LogP contribution is -2.43. The van der Waals surface area contributed by atoms with Crippen LogP contribution in [0.1, 0.15) is 64.7 Å². The van der Waals surface area contributed by atoms with Gasteiger partial charge in [0.1, 0.15) is 0 Å². The van der Waals surface area contributed by atoms with E-state index < -0.39 is 0 Å². The Balaban J connectivity index is 1.85. The van der Waals surface area contributed by atoms with E-state index in [0.29, 0.717) is 11.5 Å². The highest BCUT2D eigenvalue weighted by Gasteiger charge is 2.33. The molecule has 2 saturated carbocycles. The Kier molecular flexibility index (Phi) is 4.45. The Morgan fingerprint density at radius 2 is 1.88 bits per heavy atom. The zero-order chi connectivity index (χ0) is 12.1. The first-order valence-corrected chi connectivity index (χ1v) is 7.43. The molecule has 2 nitrogen and oxygen atoms in total. The molecule has 0 aromatic rings. The fourth-order valence-electron chi connectivity index (χ4n) is 3.66. The molecule has 1 N–H and O–H groups in total. The standard InChI is InChI=1S/C15H26N2/c1-2-15(9-5-6-10-15)12-17-14-8-4-3-7-13(14)11-16/h13-14,17H,2-10,12H2,1H3. The lowest BCUT2D eigenvalue weighted by molar-refractivity contribution is 0.224. The van der Waals surface area contributed by atoms with Crippen molar-refractivity contribution in [3.63, 3.8) is 0 Å². The minimum atomic E-state index is 0.263. The predicted octanol–water partition coefficient (Wildman–Crippen LogP) is 3.63. The molecule has 0 amide bonds. The van der Waals surface area contributed by atoms with Gasteiger partial charge in [-0.25, -0.2) is 0 Å². The van der Waals surface area contributed by atoms with Crippen molar-refractivity contribution >= 4 is 0 Å². The summed E-state index contributed by atoms with van der Waals surface area (Å²) in [6.07, 6.45) is 11.7. The third kappa shape index (κ3) is 3.01. The second-order valence-electron chi connectivity index (χ2n) is 6.07. The van der Waals surface area contributed by atoms with Crippen molar-refractivity contribution in [3.8, 4) is 6.07 Å².